The van der Waals surface area contributed by atoms with Crippen molar-refractivity contribution in [3.63, 3.8) is 0 Å². The summed E-state index contributed by atoms with van der Waals surface area (Å²) >= 11 is 12.6. The molecule has 18 heavy (non-hydrogen) atoms. The fourth-order valence-electron chi connectivity index (χ4n) is 2.11. The van der Waals surface area contributed by atoms with E-state index >= 15 is 0 Å². The lowest BCUT2D eigenvalue weighted by molar-refractivity contribution is 0.0708. The molecule has 0 bridgehead atoms. The van der Waals surface area contributed by atoms with Crippen molar-refractivity contribution in [2.24, 2.45) is 11.7 Å². The smallest absolute Gasteiger partial charge is 0.265 e. The summed E-state index contributed by atoms with van der Waals surface area (Å²) in [5, 5.41) is 2.48. The molecule has 1 unspecified atom stereocenters. The molecule has 2 rings (SSSR count). The van der Waals surface area contributed by atoms with Gasteiger partial charge in [-0.05, 0) is 30.7 Å². The number of amides is 1. The first kappa shape index (κ1) is 13.8. The summed E-state index contributed by atoms with van der Waals surface area (Å²) in [6, 6.07) is 0. The highest BCUT2D eigenvalue weighted by atomic mass is 35.5. The van der Waals surface area contributed by atoms with Crippen molar-refractivity contribution in [1.82, 2.24) is 4.90 Å². The molecule has 2 heterocycles. The van der Waals surface area contributed by atoms with Gasteiger partial charge in [0, 0.05) is 19.0 Å². The van der Waals surface area contributed by atoms with Crippen LogP contribution in [0.1, 0.15) is 28.1 Å². The van der Waals surface area contributed by atoms with Crippen molar-refractivity contribution in [3.05, 3.63) is 20.8 Å². The van der Waals surface area contributed by atoms with Gasteiger partial charge in [-0.15, -0.1) is 11.3 Å². The first-order chi connectivity index (χ1) is 8.50. The van der Waals surface area contributed by atoms with Gasteiger partial charge >= 0.3 is 0 Å². The summed E-state index contributed by atoms with van der Waals surface area (Å²) in [5.41, 5.74) is 6.62. The molecular weight excluding hydrogens is 288 g/mol. The predicted molar refractivity (Wildman–Crippen MR) is 79.5 cm³/mol. The van der Waals surface area contributed by atoms with Crippen LogP contribution in [0.15, 0.2) is 5.38 Å². The van der Waals surface area contributed by atoms with Gasteiger partial charge in [-0.1, -0.05) is 23.8 Å². The second-order valence-corrected chi connectivity index (χ2v) is 6.28. The lowest BCUT2D eigenvalue weighted by Gasteiger charge is -2.32. The van der Waals surface area contributed by atoms with Gasteiger partial charge in [-0.2, -0.15) is 0 Å². The summed E-state index contributed by atoms with van der Waals surface area (Å²) in [4.78, 5) is 15.3. The molecular formula is C12H15ClN2OS2. The number of carbonyl (C=O) groups is 1. The fourth-order valence-corrected chi connectivity index (χ4v) is 3.54. The lowest BCUT2D eigenvalue weighted by Crippen LogP contribution is -2.43. The number of hydrogen-bond acceptors (Lipinski definition) is 3. The fraction of sp³-hybridized carbons (Fsp3) is 0.500. The maximum Gasteiger partial charge on any atom is 0.265 e. The summed E-state index contributed by atoms with van der Waals surface area (Å²) in [7, 11) is 0. The molecule has 0 aromatic carbocycles. The second kappa shape index (κ2) is 5.55. The second-order valence-electron chi connectivity index (χ2n) is 4.55. The Morgan fingerprint density at radius 1 is 1.67 bits per heavy atom. The number of piperidine rings is 1. The van der Waals surface area contributed by atoms with Gasteiger partial charge in [0.05, 0.1) is 10.0 Å². The zero-order chi connectivity index (χ0) is 13.3. The topological polar surface area (TPSA) is 46.3 Å². The maximum atomic E-state index is 12.4. The minimum atomic E-state index is -0.000880. The van der Waals surface area contributed by atoms with Gasteiger partial charge in [-0.25, -0.2) is 0 Å². The Bertz CT molecular complexity index is 486. The molecule has 1 atom stereocenters. The molecule has 0 saturated carbocycles. The van der Waals surface area contributed by atoms with Crippen molar-refractivity contribution in [1.29, 1.82) is 0 Å². The van der Waals surface area contributed by atoms with E-state index in [9.17, 15) is 4.79 Å². The van der Waals surface area contributed by atoms with Crippen LogP contribution >= 0.6 is 35.2 Å². The molecule has 98 valence electrons. The Hall–Kier alpha value is -0.650. The van der Waals surface area contributed by atoms with E-state index in [0.29, 0.717) is 21.4 Å². The van der Waals surface area contributed by atoms with E-state index in [1.54, 1.807) is 0 Å². The normalized spacial score (nSPS) is 19.9. The van der Waals surface area contributed by atoms with Gasteiger partial charge in [0.15, 0.2) is 0 Å². The van der Waals surface area contributed by atoms with Crippen LogP contribution in [0.5, 0.6) is 0 Å². The van der Waals surface area contributed by atoms with Crippen molar-refractivity contribution >= 4 is 46.1 Å². The van der Waals surface area contributed by atoms with E-state index in [2.05, 4.69) is 0 Å². The largest absolute Gasteiger partial charge is 0.393 e. The van der Waals surface area contributed by atoms with Crippen molar-refractivity contribution in [2.45, 2.75) is 19.8 Å². The Balaban J connectivity index is 2.14. The molecule has 3 nitrogen and oxygen atoms in total. The van der Waals surface area contributed by atoms with Crippen molar-refractivity contribution < 1.29 is 4.79 Å². The first-order valence-electron chi connectivity index (χ1n) is 5.83. The zero-order valence-electron chi connectivity index (χ0n) is 10.1. The third kappa shape index (κ3) is 2.68. The van der Waals surface area contributed by atoms with E-state index < -0.39 is 0 Å². The van der Waals surface area contributed by atoms with Crippen LogP contribution in [-0.4, -0.2) is 28.9 Å². The van der Waals surface area contributed by atoms with Crippen LogP contribution < -0.4 is 5.73 Å². The van der Waals surface area contributed by atoms with Crippen LogP contribution in [0.3, 0.4) is 0 Å². The molecule has 0 aliphatic carbocycles. The van der Waals surface area contributed by atoms with Crippen LogP contribution in [0.25, 0.3) is 0 Å². The number of hydrogen-bond donors (Lipinski definition) is 1. The number of rotatable bonds is 2. The van der Waals surface area contributed by atoms with E-state index in [4.69, 9.17) is 29.6 Å². The number of thiocarbonyl (C=S) groups is 1. The standard InChI is InChI=1S/C12H15ClN2OS2/c1-7-6-18-10(9(7)13)12(16)15-4-2-3-8(5-15)11(14)17/h6,8H,2-5H2,1H3,(H2,14,17). The van der Waals surface area contributed by atoms with E-state index in [1.165, 1.54) is 11.3 Å². The Labute approximate surface area is 121 Å². The predicted octanol–water partition coefficient (Wildman–Crippen LogP) is 2.85. The van der Waals surface area contributed by atoms with E-state index in [-0.39, 0.29) is 11.8 Å². The van der Waals surface area contributed by atoms with Gasteiger partial charge < -0.3 is 10.6 Å². The number of halogens is 1. The number of thiophene rings is 1. The maximum absolute atomic E-state index is 12.4. The highest BCUT2D eigenvalue weighted by Gasteiger charge is 2.28. The van der Waals surface area contributed by atoms with Gasteiger partial charge in [0.25, 0.3) is 5.91 Å². The van der Waals surface area contributed by atoms with Crippen LogP contribution in [-0.2, 0) is 0 Å². The van der Waals surface area contributed by atoms with E-state index in [1.807, 2.05) is 17.2 Å². The number of carbonyl (C=O) groups excluding carboxylic acids is 1. The highest BCUT2D eigenvalue weighted by Crippen LogP contribution is 2.29. The molecule has 6 heteroatoms. The van der Waals surface area contributed by atoms with Crippen molar-refractivity contribution in [2.75, 3.05) is 13.1 Å². The van der Waals surface area contributed by atoms with Gasteiger partial charge in [-0.3, -0.25) is 4.79 Å². The molecule has 1 aliphatic rings. The third-order valence-corrected chi connectivity index (χ3v) is 5.22. The molecule has 0 spiro atoms. The molecule has 1 amide bonds. The van der Waals surface area contributed by atoms with Crippen molar-refractivity contribution in [3.8, 4) is 0 Å². The average molecular weight is 303 g/mol. The Morgan fingerprint density at radius 2 is 2.39 bits per heavy atom. The number of likely N-dealkylation sites (tertiary alicyclic amines) is 1. The average Bonchev–Trinajstić information content (AvgIpc) is 2.69. The van der Waals surface area contributed by atoms with E-state index in [0.717, 1.165) is 24.9 Å². The SMILES string of the molecule is Cc1csc(C(=O)N2CCCC(C(N)=S)C2)c1Cl. The Morgan fingerprint density at radius 3 is 2.94 bits per heavy atom. The molecule has 2 N–H and O–H groups in total. The summed E-state index contributed by atoms with van der Waals surface area (Å²) in [6.45, 7) is 3.27. The molecule has 1 fully saturated rings. The summed E-state index contributed by atoms with van der Waals surface area (Å²) in [6.07, 6.45) is 1.91. The molecule has 1 saturated heterocycles. The number of nitrogens with zero attached hydrogens (tertiary/aromatic N) is 1. The zero-order valence-corrected chi connectivity index (χ0v) is 12.5. The van der Waals surface area contributed by atoms with Gasteiger partial charge in [0.1, 0.15) is 4.88 Å². The quantitative estimate of drug-likeness (QED) is 0.855. The van der Waals surface area contributed by atoms with Crippen LogP contribution in [0.2, 0.25) is 5.02 Å². The minimum absolute atomic E-state index is 0.000880. The molecule has 1 aromatic heterocycles. The molecule has 1 aliphatic heterocycles. The molecule has 0 radical (unpaired) electrons. The monoisotopic (exact) mass is 302 g/mol. The number of nitrogens with two attached hydrogens (primary N) is 1. The number of aryl methyl sites for hydroxylation is 1. The highest BCUT2D eigenvalue weighted by molar-refractivity contribution is 7.80. The Kier molecular flexibility index (Phi) is 4.25. The summed E-state index contributed by atoms with van der Waals surface area (Å²) in [5.74, 6) is 0.136. The minimum Gasteiger partial charge on any atom is -0.393 e. The van der Waals surface area contributed by atoms with Crippen LogP contribution in [0, 0.1) is 12.8 Å². The van der Waals surface area contributed by atoms with Gasteiger partial charge in [0.2, 0.25) is 0 Å². The lowest BCUT2D eigenvalue weighted by atomic mass is 9.98. The first-order valence-corrected chi connectivity index (χ1v) is 7.49. The molecule has 1 aromatic rings. The third-order valence-electron chi connectivity index (χ3n) is 3.20. The summed E-state index contributed by atoms with van der Waals surface area (Å²) < 4.78 is 0. The van der Waals surface area contributed by atoms with Crippen LogP contribution in [0.4, 0.5) is 0 Å².